The van der Waals surface area contributed by atoms with Crippen molar-refractivity contribution in [3.8, 4) is 0 Å². The lowest BCUT2D eigenvalue weighted by atomic mass is 9.87. The average molecular weight is 436 g/mol. The van der Waals surface area contributed by atoms with Crippen LogP contribution in [0.2, 0.25) is 0 Å². The van der Waals surface area contributed by atoms with E-state index in [1.54, 1.807) is 0 Å². The quantitative estimate of drug-likeness (QED) is 0.727. The van der Waals surface area contributed by atoms with Gasteiger partial charge in [0, 0.05) is 56.8 Å². The lowest BCUT2D eigenvalue weighted by molar-refractivity contribution is -0.137. The van der Waals surface area contributed by atoms with Gasteiger partial charge < -0.3 is 9.80 Å². The number of carbonyl (C=O) groups is 2. The first-order chi connectivity index (χ1) is 15.7. The topological polar surface area (TPSA) is 43.9 Å². The molecule has 1 aromatic carbocycles. The van der Waals surface area contributed by atoms with Crippen LogP contribution in [0.5, 0.6) is 0 Å². The second kappa shape index (κ2) is 8.48. The highest BCUT2D eigenvalue weighted by atomic mass is 16.2. The smallest absolute Gasteiger partial charge is 0.253 e. The second-order valence-electron chi connectivity index (χ2n) is 11.1. The molecule has 2 atom stereocenters. The zero-order valence-electron chi connectivity index (χ0n) is 19.3. The first kappa shape index (κ1) is 20.7. The number of fused-ring (bicyclic) bond motifs is 2. The summed E-state index contributed by atoms with van der Waals surface area (Å²) < 4.78 is 0. The van der Waals surface area contributed by atoms with Gasteiger partial charge in [-0.15, -0.1) is 0 Å². The Morgan fingerprint density at radius 2 is 1.53 bits per heavy atom. The summed E-state index contributed by atoms with van der Waals surface area (Å²) >= 11 is 0. The molecule has 0 bridgehead atoms. The largest absolute Gasteiger partial charge is 0.338 e. The number of hydrogen-bond acceptors (Lipinski definition) is 3. The summed E-state index contributed by atoms with van der Waals surface area (Å²) in [6, 6.07) is 7.06. The molecule has 3 aliphatic heterocycles. The van der Waals surface area contributed by atoms with E-state index in [-0.39, 0.29) is 11.8 Å². The lowest BCUT2D eigenvalue weighted by Crippen LogP contribution is -2.41. The van der Waals surface area contributed by atoms with Crippen molar-refractivity contribution < 1.29 is 9.59 Å². The molecule has 4 fully saturated rings. The molecule has 32 heavy (non-hydrogen) atoms. The van der Waals surface area contributed by atoms with Gasteiger partial charge in [0.05, 0.1) is 0 Å². The molecule has 5 aliphatic rings. The van der Waals surface area contributed by atoms with Crippen LogP contribution >= 0.6 is 0 Å². The Bertz CT molecular complexity index is 875. The summed E-state index contributed by atoms with van der Waals surface area (Å²) in [6.07, 6.45) is 10.8. The van der Waals surface area contributed by atoms with Gasteiger partial charge in [0.25, 0.3) is 5.91 Å². The number of hydrogen-bond donors (Lipinski definition) is 0. The van der Waals surface area contributed by atoms with E-state index in [1.165, 1.54) is 62.7 Å². The van der Waals surface area contributed by atoms with E-state index < -0.39 is 0 Å². The third kappa shape index (κ3) is 3.76. The highest BCUT2D eigenvalue weighted by Crippen LogP contribution is 2.37. The Balaban J connectivity index is 1.08. The summed E-state index contributed by atoms with van der Waals surface area (Å²) in [5.74, 6) is 2.13. The molecular formula is C27H37N3O2. The monoisotopic (exact) mass is 435 g/mol. The van der Waals surface area contributed by atoms with Crippen molar-refractivity contribution in [2.45, 2.75) is 70.4 Å². The molecule has 1 aromatic rings. The number of amides is 2. The highest BCUT2D eigenvalue weighted by molar-refractivity contribution is 5.94. The van der Waals surface area contributed by atoms with Gasteiger partial charge in [-0.25, -0.2) is 0 Å². The molecule has 2 unspecified atom stereocenters. The molecule has 5 heteroatoms. The van der Waals surface area contributed by atoms with Crippen molar-refractivity contribution in [1.82, 2.24) is 14.7 Å². The van der Waals surface area contributed by atoms with Crippen molar-refractivity contribution in [2.75, 3.05) is 32.7 Å². The summed E-state index contributed by atoms with van der Waals surface area (Å²) in [4.78, 5) is 33.1. The van der Waals surface area contributed by atoms with Crippen molar-refractivity contribution in [1.29, 1.82) is 0 Å². The van der Waals surface area contributed by atoms with E-state index in [4.69, 9.17) is 0 Å². The SMILES string of the molecule is O=C(c1ccc2c(c1)CCN(C(=O)C1CCCCC1)C2)N1CC2CN(C3CCC3)CC2C1. The predicted molar refractivity (Wildman–Crippen MR) is 124 cm³/mol. The van der Waals surface area contributed by atoms with E-state index in [1.807, 2.05) is 6.07 Å². The van der Waals surface area contributed by atoms with E-state index in [0.29, 0.717) is 24.3 Å². The predicted octanol–water partition coefficient (Wildman–Crippen LogP) is 3.71. The first-order valence-corrected chi connectivity index (χ1v) is 13.1. The molecule has 5 nitrogen and oxygen atoms in total. The van der Waals surface area contributed by atoms with Crippen LogP contribution in [0, 0.1) is 17.8 Å². The van der Waals surface area contributed by atoms with Crippen LogP contribution in [0.4, 0.5) is 0 Å². The van der Waals surface area contributed by atoms with Gasteiger partial charge in [0.15, 0.2) is 0 Å². The van der Waals surface area contributed by atoms with Crippen LogP contribution in [-0.4, -0.2) is 65.3 Å². The molecule has 2 amide bonds. The number of benzene rings is 1. The third-order valence-corrected chi connectivity index (χ3v) is 9.12. The maximum absolute atomic E-state index is 13.3. The van der Waals surface area contributed by atoms with Crippen molar-refractivity contribution in [3.05, 3.63) is 34.9 Å². The van der Waals surface area contributed by atoms with E-state index >= 15 is 0 Å². The Labute approximate surface area is 192 Å². The van der Waals surface area contributed by atoms with E-state index in [9.17, 15) is 9.59 Å². The van der Waals surface area contributed by atoms with Gasteiger partial charge in [-0.05, 0) is 67.2 Å². The molecular weight excluding hydrogens is 398 g/mol. The maximum Gasteiger partial charge on any atom is 0.253 e. The summed E-state index contributed by atoms with van der Waals surface area (Å²) in [7, 11) is 0. The van der Waals surface area contributed by atoms with Gasteiger partial charge in [-0.1, -0.05) is 31.7 Å². The van der Waals surface area contributed by atoms with Crippen LogP contribution in [0.1, 0.15) is 72.9 Å². The fourth-order valence-corrected chi connectivity index (χ4v) is 6.91. The lowest BCUT2D eigenvalue weighted by Gasteiger charge is -2.35. The first-order valence-electron chi connectivity index (χ1n) is 13.1. The minimum absolute atomic E-state index is 0.207. The summed E-state index contributed by atoms with van der Waals surface area (Å²) in [5.41, 5.74) is 3.33. The van der Waals surface area contributed by atoms with E-state index in [2.05, 4.69) is 26.8 Å². The number of rotatable bonds is 3. The summed E-state index contributed by atoms with van der Waals surface area (Å²) in [5, 5.41) is 0. The Morgan fingerprint density at radius 3 is 2.22 bits per heavy atom. The van der Waals surface area contributed by atoms with E-state index in [0.717, 1.165) is 50.5 Å². The molecule has 0 spiro atoms. The van der Waals surface area contributed by atoms with Crippen LogP contribution in [0.25, 0.3) is 0 Å². The van der Waals surface area contributed by atoms with Gasteiger partial charge in [-0.3, -0.25) is 14.5 Å². The van der Waals surface area contributed by atoms with Gasteiger partial charge in [0.1, 0.15) is 0 Å². The maximum atomic E-state index is 13.3. The average Bonchev–Trinajstić information content (AvgIpc) is 3.36. The van der Waals surface area contributed by atoms with Crippen molar-refractivity contribution >= 4 is 11.8 Å². The Hall–Kier alpha value is -1.88. The molecule has 6 rings (SSSR count). The molecule has 172 valence electrons. The fourth-order valence-electron chi connectivity index (χ4n) is 6.91. The molecule has 2 saturated heterocycles. The highest BCUT2D eigenvalue weighted by Gasteiger charge is 2.44. The zero-order chi connectivity index (χ0) is 21.7. The fraction of sp³-hybridized carbons (Fsp3) is 0.704. The Morgan fingerprint density at radius 1 is 0.781 bits per heavy atom. The standard InChI is InChI=1S/C27H37N3O2/c31-26(19-5-2-1-3-6-19)28-12-11-20-13-21(9-10-22(20)14-28)27(32)30-17-23-15-29(16-24(23)18-30)25-7-4-8-25/h9-10,13,19,23-25H,1-8,11-12,14-18H2. The van der Waals surface area contributed by atoms with Gasteiger partial charge in [0.2, 0.25) is 5.91 Å². The van der Waals surface area contributed by atoms with Gasteiger partial charge >= 0.3 is 0 Å². The normalized spacial score (nSPS) is 29.0. The minimum atomic E-state index is 0.207. The Kier molecular flexibility index (Phi) is 5.49. The van der Waals surface area contributed by atoms with Gasteiger partial charge in [-0.2, -0.15) is 0 Å². The second-order valence-corrected chi connectivity index (χ2v) is 11.1. The molecule has 0 aromatic heterocycles. The van der Waals surface area contributed by atoms with Crippen molar-refractivity contribution in [2.24, 2.45) is 17.8 Å². The zero-order valence-corrected chi connectivity index (χ0v) is 19.3. The molecule has 0 N–H and O–H groups in total. The van der Waals surface area contributed by atoms with Crippen LogP contribution < -0.4 is 0 Å². The molecule has 3 heterocycles. The molecule has 0 radical (unpaired) electrons. The number of likely N-dealkylation sites (tertiary alicyclic amines) is 2. The van der Waals surface area contributed by atoms with Crippen LogP contribution in [-0.2, 0) is 17.8 Å². The molecule has 2 aliphatic carbocycles. The minimum Gasteiger partial charge on any atom is -0.338 e. The number of carbonyl (C=O) groups excluding carboxylic acids is 2. The third-order valence-electron chi connectivity index (χ3n) is 9.12. The van der Waals surface area contributed by atoms with Crippen LogP contribution in [0.3, 0.4) is 0 Å². The number of nitrogens with zero attached hydrogens (tertiary/aromatic N) is 3. The summed E-state index contributed by atoms with van der Waals surface area (Å²) in [6.45, 7) is 5.73. The van der Waals surface area contributed by atoms with Crippen molar-refractivity contribution in [3.63, 3.8) is 0 Å². The molecule has 2 saturated carbocycles. The van der Waals surface area contributed by atoms with Crippen LogP contribution in [0.15, 0.2) is 18.2 Å².